The van der Waals surface area contributed by atoms with Gasteiger partial charge in [0.25, 0.3) is 5.91 Å². The molecule has 1 saturated heterocycles. The predicted octanol–water partition coefficient (Wildman–Crippen LogP) is 4.94. The molecule has 29 heavy (non-hydrogen) atoms. The summed E-state index contributed by atoms with van der Waals surface area (Å²) in [5, 5.41) is 3.53. The van der Waals surface area contributed by atoms with Gasteiger partial charge in [0.1, 0.15) is 5.82 Å². The lowest BCUT2D eigenvalue weighted by molar-refractivity contribution is 0.0605. The van der Waals surface area contributed by atoms with Crippen LogP contribution in [0, 0.1) is 6.92 Å². The number of amides is 1. The molecule has 7 heteroatoms. The predicted molar refractivity (Wildman–Crippen MR) is 113 cm³/mol. The van der Waals surface area contributed by atoms with Crippen LogP contribution in [0.15, 0.2) is 55.0 Å². The van der Waals surface area contributed by atoms with Crippen LogP contribution in [0.2, 0.25) is 5.02 Å². The van der Waals surface area contributed by atoms with Gasteiger partial charge in [-0.15, -0.1) is 0 Å². The van der Waals surface area contributed by atoms with Crippen LogP contribution in [-0.4, -0.2) is 32.3 Å². The number of halogens is 1. The van der Waals surface area contributed by atoms with E-state index in [2.05, 4.69) is 20.3 Å². The first kappa shape index (κ1) is 19.3. The number of aromatic nitrogens is 3. The Hall–Kier alpha value is -2.99. The Morgan fingerprint density at radius 2 is 2.03 bits per heavy atom. The van der Waals surface area contributed by atoms with Crippen LogP contribution in [0.5, 0.6) is 0 Å². The van der Waals surface area contributed by atoms with E-state index in [9.17, 15) is 4.79 Å². The molecule has 1 N–H and O–H groups in total. The number of carbonyl (C=O) groups excluding carboxylic acids is 1. The van der Waals surface area contributed by atoms with E-state index < -0.39 is 0 Å². The number of rotatable bonds is 4. The van der Waals surface area contributed by atoms with Gasteiger partial charge in [0.15, 0.2) is 0 Å². The number of pyridine rings is 3. The van der Waals surface area contributed by atoms with E-state index in [-0.39, 0.29) is 11.9 Å². The van der Waals surface area contributed by atoms with Crippen molar-refractivity contribution in [3.8, 4) is 0 Å². The summed E-state index contributed by atoms with van der Waals surface area (Å²) in [4.78, 5) is 28.2. The van der Waals surface area contributed by atoms with E-state index in [1.807, 2.05) is 42.2 Å². The number of carbonyl (C=O) groups is 1. The second kappa shape index (κ2) is 8.57. The highest BCUT2D eigenvalue weighted by Gasteiger charge is 2.30. The van der Waals surface area contributed by atoms with Crippen molar-refractivity contribution in [3.05, 3.63) is 77.0 Å². The maximum atomic E-state index is 13.2. The highest BCUT2D eigenvalue weighted by atomic mass is 35.5. The molecule has 3 aromatic heterocycles. The number of aryl methyl sites for hydroxylation is 1. The van der Waals surface area contributed by atoms with E-state index in [1.54, 1.807) is 24.7 Å². The molecule has 0 aliphatic carbocycles. The summed E-state index contributed by atoms with van der Waals surface area (Å²) in [7, 11) is 0. The van der Waals surface area contributed by atoms with Crippen molar-refractivity contribution in [2.24, 2.45) is 0 Å². The van der Waals surface area contributed by atoms with E-state index in [4.69, 9.17) is 11.6 Å². The van der Waals surface area contributed by atoms with Crippen molar-refractivity contribution in [1.29, 1.82) is 0 Å². The van der Waals surface area contributed by atoms with Crippen LogP contribution >= 0.6 is 11.6 Å². The Morgan fingerprint density at radius 3 is 2.76 bits per heavy atom. The Labute approximate surface area is 175 Å². The van der Waals surface area contributed by atoms with Crippen LogP contribution in [0.4, 0.5) is 11.5 Å². The summed E-state index contributed by atoms with van der Waals surface area (Å²) < 4.78 is 0. The molecule has 1 aliphatic rings. The van der Waals surface area contributed by atoms with Crippen LogP contribution < -0.4 is 5.32 Å². The van der Waals surface area contributed by atoms with Gasteiger partial charge in [-0.3, -0.25) is 14.8 Å². The molecule has 1 fully saturated rings. The third kappa shape index (κ3) is 4.38. The Morgan fingerprint density at radius 1 is 1.14 bits per heavy atom. The fraction of sp³-hybridized carbons (Fsp3) is 0.273. The number of likely N-dealkylation sites (tertiary alicyclic amines) is 1. The van der Waals surface area contributed by atoms with Crippen LogP contribution in [0.25, 0.3) is 0 Å². The smallest absolute Gasteiger partial charge is 0.256 e. The SMILES string of the molecule is Cc1ccc(Nc2ncc(C(=O)N3CCCCC3c3ccccn3)cc2Cl)cn1. The maximum absolute atomic E-state index is 13.2. The van der Waals surface area contributed by atoms with Crippen molar-refractivity contribution < 1.29 is 4.79 Å². The molecule has 6 nitrogen and oxygen atoms in total. The molecule has 0 saturated carbocycles. The van der Waals surface area contributed by atoms with Crippen molar-refractivity contribution >= 4 is 29.0 Å². The molecule has 4 rings (SSSR count). The Kier molecular flexibility index (Phi) is 5.71. The van der Waals surface area contributed by atoms with Crippen molar-refractivity contribution in [1.82, 2.24) is 19.9 Å². The molecule has 0 radical (unpaired) electrons. The van der Waals surface area contributed by atoms with E-state index in [1.165, 1.54) is 0 Å². The van der Waals surface area contributed by atoms with Crippen molar-refractivity contribution in [2.75, 3.05) is 11.9 Å². The Balaban J connectivity index is 1.55. The quantitative estimate of drug-likeness (QED) is 0.662. The average molecular weight is 408 g/mol. The Bertz CT molecular complexity index is 994. The van der Waals surface area contributed by atoms with Crippen LogP contribution in [0.3, 0.4) is 0 Å². The summed E-state index contributed by atoms with van der Waals surface area (Å²) in [5.74, 6) is 0.423. The minimum absolute atomic E-state index is 0.0207. The normalized spacial score (nSPS) is 16.5. The second-order valence-corrected chi connectivity index (χ2v) is 7.54. The highest BCUT2D eigenvalue weighted by Crippen LogP contribution is 2.32. The zero-order chi connectivity index (χ0) is 20.2. The second-order valence-electron chi connectivity index (χ2n) is 7.13. The van der Waals surface area contributed by atoms with Gasteiger partial charge in [0, 0.05) is 24.6 Å². The minimum atomic E-state index is -0.0710. The molecule has 0 spiro atoms. The van der Waals surface area contributed by atoms with Crippen LogP contribution in [-0.2, 0) is 0 Å². The molecule has 0 bridgehead atoms. The molecule has 0 aromatic carbocycles. The van der Waals surface area contributed by atoms with Crippen molar-refractivity contribution in [2.45, 2.75) is 32.2 Å². The monoisotopic (exact) mass is 407 g/mol. The lowest BCUT2D eigenvalue weighted by Crippen LogP contribution is -2.38. The first-order chi connectivity index (χ1) is 14.1. The van der Waals surface area contributed by atoms with E-state index >= 15 is 0 Å². The van der Waals surface area contributed by atoms with Gasteiger partial charge in [0.05, 0.1) is 34.2 Å². The zero-order valence-corrected chi connectivity index (χ0v) is 16.9. The molecule has 1 aliphatic heterocycles. The van der Waals surface area contributed by atoms with E-state index in [0.717, 1.165) is 36.3 Å². The largest absolute Gasteiger partial charge is 0.338 e. The molecule has 4 heterocycles. The summed E-state index contributed by atoms with van der Waals surface area (Å²) >= 11 is 6.42. The van der Waals surface area contributed by atoms with Crippen molar-refractivity contribution in [3.63, 3.8) is 0 Å². The molecule has 3 aromatic rings. The number of hydrogen-bond acceptors (Lipinski definition) is 5. The van der Waals surface area contributed by atoms with Gasteiger partial charge < -0.3 is 10.2 Å². The molecule has 148 valence electrons. The number of anilines is 2. The number of hydrogen-bond donors (Lipinski definition) is 1. The third-order valence-electron chi connectivity index (χ3n) is 5.06. The molecular weight excluding hydrogens is 386 g/mol. The van der Waals surface area contributed by atoms with Gasteiger partial charge in [-0.25, -0.2) is 4.98 Å². The summed E-state index contributed by atoms with van der Waals surface area (Å²) in [5.41, 5.74) is 3.12. The third-order valence-corrected chi connectivity index (χ3v) is 5.34. The topological polar surface area (TPSA) is 71.0 Å². The van der Waals surface area contributed by atoms with Gasteiger partial charge in [0.2, 0.25) is 0 Å². The van der Waals surface area contributed by atoms with Gasteiger partial charge in [-0.05, 0) is 56.5 Å². The van der Waals surface area contributed by atoms with Gasteiger partial charge in [-0.1, -0.05) is 17.7 Å². The lowest BCUT2D eigenvalue weighted by atomic mass is 9.98. The number of nitrogens with one attached hydrogen (secondary N) is 1. The van der Waals surface area contributed by atoms with E-state index in [0.29, 0.717) is 22.9 Å². The number of piperidine rings is 1. The summed E-state index contributed by atoms with van der Waals surface area (Å²) in [6, 6.07) is 11.3. The standard InChI is InChI=1S/C22H22ClN5O/c1-15-8-9-17(14-25-15)27-21-18(23)12-16(13-26-21)22(29)28-11-5-3-7-20(28)19-6-2-4-10-24-19/h2,4,6,8-10,12-14,20H,3,5,7,11H2,1H3,(H,26,27). The minimum Gasteiger partial charge on any atom is -0.338 e. The van der Waals surface area contributed by atoms with Gasteiger partial charge >= 0.3 is 0 Å². The molecular formula is C22H22ClN5O. The molecule has 1 amide bonds. The zero-order valence-electron chi connectivity index (χ0n) is 16.2. The number of nitrogens with zero attached hydrogens (tertiary/aromatic N) is 4. The van der Waals surface area contributed by atoms with Crippen LogP contribution in [0.1, 0.15) is 47.1 Å². The fourth-order valence-electron chi connectivity index (χ4n) is 3.55. The summed E-state index contributed by atoms with van der Waals surface area (Å²) in [6.07, 6.45) is 8.03. The lowest BCUT2D eigenvalue weighted by Gasteiger charge is -2.35. The first-order valence-electron chi connectivity index (χ1n) is 9.69. The summed E-state index contributed by atoms with van der Waals surface area (Å²) in [6.45, 7) is 2.63. The van der Waals surface area contributed by atoms with Gasteiger partial charge in [-0.2, -0.15) is 0 Å². The molecule has 1 atom stereocenters. The molecule has 1 unspecified atom stereocenters. The fourth-order valence-corrected chi connectivity index (χ4v) is 3.76. The highest BCUT2D eigenvalue weighted by molar-refractivity contribution is 6.33. The average Bonchev–Trinajstić information content (AvgIpc) is 2.77. The first-order valence-corrected chi connectivity index (χ1v) is 10.1. The maximum Gasteiger partial charge on any atom is 0.256 e.